The van der Waals surface area contributed by atoms with Crippen molar-refractivity contribution < 1.29 is 23.1 Å². The van der Waals surface area contributed by atoms with Crippen LogP contribution in [0.2, 0.25) is 5.02 Å². The Balaban J connectivity index is 1.94. The van der Waals surface area contributed by atoms with Crippen LogP contribution in [0.1, 0.15) is 5.56 Å². The molecule has 0 bridgehead atoms. The number of hydrogen-bond acceptors (Lipinski definition) is 4. The molecule has 2 aromatic rings. The maximum atomic E-state index is 12.8. The summed E-state index contributed by atoms with van der Waals surface area (Å²) < 4.78 is 39.2. The number of aromatic nitrogens is 2. The van der Waals surface area contributed by atoms with Gasteiger partial charge in [-0.2, -0.15) is 23.0 Å². The van der Waals surface area contributed by atoms with Gasteiger partial charge in [0, 0.05) is 13.1 Å². The Bertz CT molecular complexity index is 892. The van der Waals surface area contributed by atoms with E-state index >= 15 is 0 Å². The van der Waals surface area contributed by atoms with Gasteiger partial charge in [-0.05, 0) is 18.2 Å². The fourth-order valence-electron chi connectivity index (χ4n) is 2.47. The summed E-state index contributed by atoms with van der Waals surface area (Å²) in [5.74, 6) is -1.50. The van der Waals surface area contributed by atoms with Gasteiger partial charge in [-0.25, -0.2) is 0 Å². The number of nitrogens with zero attached hydrogens (tertiary/aromatic N) is 3. The molecule has 0 radical (unpaired) electrons. The summed E-state index contributed by atoms with van der Waals surface area (Å²) in [6.07, 6.45) is -3.31. The third-order valence-electron chi connectivity index (χ3n) is 3.89. The van der Waals surface area contributed by atoms with Crippen LogP contribution >= 0.6 is 11.6 Å². The number of aliphatic carboxylic acids is 1. The first-order valence-corrected chi connectivity index (χ1v) is 7.49. The number of halogens is 4. The molecule has 0 saturated carbocycles. The molecule has 1 saturated heterocycles. The highest BCUT2D eigenvalue weighted by Gasteiger charge is 2.35. The molecule has 0 spiro atoms. The minimum absolute atomic E-state index is 0.0692. The maximum absolute atomic E-state index is 12.8. The first-order chi connectivity index (χ1) is 11.7. The van der Waals surface area contributed by atoms with Crippen LogP contribution in [0.15, 0.2) is 35.3 Å². The lowest BCUT2D eigenvalue weighted by Crippen LogP contribution is -2.51. The summed E-state index contributed by atoms with van der Waals surface area (Å²) in [6.45, 7) is 0.369. The van der Waals surface area contributed by atoms with Gasteiger partial charge >= 0.3 is 12.1 Å². The molecule has 0 aliphatic carbocycles. The zero-order valence-electron chi connectivity index (χ0n) is 12.5. The lowest BCUT2D eigenvalue weighted by atomic mass is 10.0. The molecule has 1 aromatic carbocycles. The van der Waals surface area contributed by atoms with Crippen LogP contribution in [-0.4, -0.2) is 33.9 Å². The van der Waals surface area contributed by atoms with E-state index in [0.717, 1.165) is 16.8 Å². The highest BCUT2D eigenvalue weighted by Crippen LogP contribution is 2.31. The van der Waals surface area contributed by atoms with Gasteiger partial charge in [0.1, 0.15) is 5.02 Å². The number of benzene rings is 1. The Morgan fingerprint density at radius 2 is 2.00 bits per heavy atom. The van der Waals surface area contributed by atoms with E-state index in [-0.39, 0.29) is 29.5 Å². The number of hydrogen-bond donors (Lipinski definition) is 1. The number of carboxylic acids is 1. The predicted molar refractivity (Wildman–Crippen MR) is 83.2 cm³/mol. The second-order valence-electron chi connectivity index (χ2n) is 5.55. The normalized spacial score (nSPS) is 15.1. The molecule has 0 amide bonds. The van der Waals surface area contributed by atoms with Crippen LogP contribution in [0.25, 0.3) is 5.69 Å². The van der Waals surface area contributed by atoms with Gasteiger partial charge in [0.15, 0.2) is 0 Å². The van der Waals surface area contributed by atoms with Crippen LogP contribution < -0.4 is 10.5 Å². The zero-order chi connectivity index (χ0) is 18.4. The fraction of sp³-hybridized carbons (Fsp3) is 0.267. The Kier molecular flexibility index (Phi) is 4.19. The molecule has 0 atom stereocenters. The Morgan fingerprint density at radius 1 is 1.32 bits per heavy atom. The topological polar surface area (TPSA) is 75.4 Å². The lowest BCUT2D eigenvalue weighted by molar-refractivity contribution is -0.142. The second-order valence-corrected chi connectivity index (χ2v) is 5.93. The van der Waals surface area contributed by atoms with Crippen molar-refractivity contribution in [3.8, 4) is 5.69 Å². The molecule has 1 aliphatic heterocycles. The monoisotopic (exact) mass is 373 g/mol. The molecular formula is C15H11ClF3N3O3. The average Bonchev–Trinajstić information content (AvgIpc) is 2.49. The Hall–Kier alpha value is -2.55. The minimum Gasteiger partial charge on any atom is -0.481 e. The summed E-state index contributed by atoms with van der Waals surface area (Å²) in [6, 6.07) is 4.16. The van der Waals surface area contributed by atoms with E-state index in [2.05, 4.69) is 5.10 Å². The molecule has 10 heteroatoms. The van der Waals surface area contributed by atoms with Crippen molar-refractivity contribution in [3.63, 3.8) is 0 Å². The molecule has 1 aliphatic rings. The van der Waals surface area contributed by atoms with Gasteiger partial charge in [-0.15, -0.1) is 0 Å². The summed E-state index contributed by atoms with van der Waals surface area (Å²) >= 11 is 6.03. The summed E-state index contributed by atoms with van der Waals surface area (Å²) in [5, 5.41) is 12.5. The van der Waals surface area contributed by atoms with Crippen LogP contribution in [0.5, 0.6) is 0 Å². The molecule has 3 rings (SSSR count). The van der Waals surface area contributed by atoms with Gasteiger partial charge in [0.25, 0.3) is 5.56 Å². The van der Waals surface area contributed by atoms with Crippen molar-refractivity contribution in [1.82, 2.24) is 9.78 Å². The van der Waals surface area contributed by atoms with Crippen molar-refractivity contribution in [1.29, 1.82) is 0 Å². The van der Waals surface area contributed by atoms with Gasteiger partial charge in [0.2, 0.25) is 0 Å². The molecule has 25 heavy (non-hydrogen) atoms. The lowest BCUT2D eigenvalue weighted by Gasteiger charge is -2.38. The van der Waals surface area contributed by atoms with E-state index in [1.807, 2.05) is 0 Å². The van der Waals surface area contributed by atoms with Gasteiger partial charge < -0.3 is 10.0 Å². The Morgan fingerprint density at radius 3 is 2.60 bits per heavy atom. The first kappa shape index (κ1) is 17.3. The van der Waals surface area contributed by atoms with E-state index < -0.39 is 29.2 Å². The largest absolute Gasteiger partial charge is 0.481 e. The molecule has 1 fully saturated rings. The van der Waals surface area contributed by atoms with Crippen molar-refractivity contribution in [2.24, 2.45) is 5.92 Å². The van der Waals surface area contributed by atoms with Gasteiger partial charge in [-0.3, -0.25) is 9.59 Å². The van der Waals surface area contributed by atoms with Crippen molar-refractivity contribution in [2.45, 2.75) is 6.18 Å². The van der Waals surface area contributed by atoms with Crippen LogP contribution in [0, 0.1) is 5.92 Å². The predicted octanol–water partition coefficient (Wildman–Crippen LogP) is 2.43. The molecule has 0 unspecified atom stereocenters. The minimum atomic E-state index is -4.55. The highest BCUT2D eigenvalue weighted by atomic mass is 35.5. The summed E-state index contributed by atoms with van der Waals surface area (Å²) in [5.41, 5.74) is -1.50. The van der Waals surface area contributed by atoms with E-state index in [0.29, 0.717) is 0 Å². The highest BCUT2D eigenvalue weighted by molar-refractivity contribution is 6.33. The summed E-state index contributed by atoms with van der Waals surface area (Å²) in [4.78, 5) is 24.8. The molecular weight excluding hydrogens is 363 g/mol. The summed E-state index contributed by atoms with van der Waals surface area (Å²) in [7, 11) is 0. The molecule has 132 valence electrons. The van der Waals surface area contributed by atoms with Crippen molar-refractivity contribution in [3.05, 3.63) is 51.4 Å². The average molecular weight is 374 g/mol. The first-order valence-electron chi connectivity index (χ1n) is 7.11. The zero-order valence-corrected chi connectivity index (χ0v) is 13.3. The smallest absolute Gasteiger partial charge is 0.416 e. The molecule has 1 aromatic heterocycles. The van der Waals surface area contributed by atoms with Crippen molar-refractivity contribution >= 4 is 23.3 Å². The van der Waals surface area contributed by atoms with Crippen molar-refractivity contribution in [2.75, 3.05) is 18.0 Å². The fourth-order valence-corrected chi connectivity index (χ4v) is 2.72. The Labute approximate surface area is 144 Å². The maximum Gasteiger partial charge on any atom is 0.416 e. The molecule has 1 N–H and O–H groups in total. The second kappa shape index (κ2) is 6.07. The number of rotatable bonds is 3. The van der Waals surface area contributed by atoms with E-state index in [1.54, 1.807) is 4.90 Å². The van der Waals surface area contributed by atoms with Gasteiger partial charge in [-0.1, -0.05) is 17.7 Å². The third-order valence-corrected chi connectivity index (χ3v) is 4.25. The number of carbonyl (C=O) groups is 1. The van der Waals surface area contributed by atoms with E-state index in [9.17, 15) is 22.8 Å². The van der Waals surface area contributed by atoms with E-state index in [1.165, 1.54) is 18.3 Å². The van der Waals surface area contributed by atoms with Gasteiger partial charge in [0.05, 0.1) is 29.1 Å². The van der Waals surface area contributed by atoms with Crippen LogP contribution in [0.3, 0.4) is 0 Å². The van der Waals surface area contributed by atoms with E-state index in [4.69, 9.17) is 16.7 Å². The quantitative estimate of drug-likeness (QED) is 0.894. The van der Waals surface area contributed by atoms with Crippen LogP contribution in [0.4, 0.5) is 18.9 Å². The number of carboxylic acid groups (broad SMARTS) is 1. The molecule has 2 heterocycles. The third kappa shape index (κ3) is 3.19. The molecule has 6 nitrogen and oxygen atoms in total. The SMILES string of the molecule is O=C(O)C1CN(c2cnn(-c3cccc(C(F)(F)F)c3)c(=O)c2Cl)C1. The number of anilines is 1. The number of alkyl halides is 3. The van der Waals surface area contributed by atoms with Crippen LogP contribution in [-0.2, 0) is 11.0 Å². The standard InChI is InChI=1S/C15H11ClF3N3O3/c16-12-11(21-6-8(7-21)14(24)25)5-20-22(13(12)23)10-3-1-2-9(4-10)15(17,18)19/h1-5,8H,6-7H2,(H,24,25).